The van der Waals surface area contributed by atoms with E-state index >= 15 is 0 Å². The summed E-state index contributed by atoms with van der Waals surface area (Å²) in [6.07, 6.45) is 4.72. The van der Waals surface area contributed by atoms with Crippen LogP contribution < -0.4 is 0 Å². The van der Waals surface area contributed by atoms with Crippen molar-refractivity contribution in [3.05, 3.63) is 83.9 Å². The van der Waals surface area contributed by atoms with Crippen molar-refractivity contribution in [2.45, 2.75) is 31.5 Å². The molecule has 0 aliphatic heterocycles. The Morgan fingerprint density at radius 3 is 2.14 bits per heavy atom. The van der Waals surface area contributed by atoms with Gasteiger partial charge >= 0.3 is 0 Å². The molecule has 0 amide bonds. The van der Waals surface area contributed by atoms with Crippen LogP contribution >= 0.6 is 0 Å². The SMILES string of the molecule is O[C@@H](/C=C/C[C@H](O)c1ccccc1)CCc1ccccc1. The van der Waals surface area contributed by atoms with E-state index in [-0.39, 0.29) is 0 Å². The van der Waals surface area contributed by atoms with E-state index < -0.39 is 12.2 Å². The Balaban J connectivity index is 1.73. The molecule has 0 spiro atoms. The molecule has 0 aromatic heterocycles. The van der Waals surface area contributed by atoms with Crippen molar-refractivity contribution in [2.75, 3.05) is 0 Å². The Morgan fingerprint density at radius 2 is 1.48 bits per heavy atom. The first-order valence-electron chi connectivity index (χ1n) is 7.37. The lowest BCUT2D eigenvalue weighted by Gasteiger charge is -2.09. The number of rotatable bonds is 7. The molecule has 21 heavy (non-hydrogen) atoms. The highest BCUT2D eigenvalue weighted by Gasteiger charge is 2.05. The van der Waals surface area contributed by atoms with Gasteiger partial charge in [0.1, 0.15) is 0 Å². The molecule has 0 heterocycles. The lowest BCUT2D eigenvalue weighted by atomic mass is 10.0. The molecule has 110 valence electrons. The number of aliphatic hydroxyl groups is 2. The summed E-state index contributed by atoms with van der Waals surface area (Å²) in [5, 5.41) is 19.9. The van der Waals surface area contributed by atoms with Crippen molar-refractivity contribution in [3.63, 3.8) is 0 Å². The van der Waals surface area contributed by atoms with Crippen LogP contribution in [-0.4, -0.2) is 16.3 Å². The summed E-state index contributed by atoms with van der Waals surface area (Å²) in [5.74, 6) is 0. The fourth-order valence-electron chi connectivity index (χ4n) is 2.23. The molecule has 0 aliphatic carbocycles. The maximum Gasteiger partial charge on any atom is 0.0824 e. The minimum Gasteiger partial charge on any atom is -0.389 e. The molecule has 2 N–H and O–H groups in total. The summed E-state index contributed by atoms with van der Waals surface area (Å²) in [6.45, 7) is 0. The van der Waals surface area contributed by atoms with Crippen LogP contribution in [0.25, 0.3) is 0 Å². The second-order valence-corrected chi connectivity index (χ2v) is 5.18. The van der Waals surface area contributed by atoms with Crippen LogP contribution in [0.15, 0.2) is 72.8 Å². The average molecular weight is 282 g/mol. The smallest absolute Gasteiger partial charge is 0.0824 e. The zero-order valence-corrected chi connectivity index (χ0v) is 12.1. The van der Waals surface area contributed by atoms with Gasteiger partial charge in [-0.25, -0.2) is 0 Å². The highest BCUT2D eigenvalue weighted by Crippen LogP contribution is 2.16. The largest absolute Gasteiger partial charge is 0.389 e. The van der Waals surface area contributed by atoms with Crippen molar-refractivity contribution >= 4 is 0 Å². The van der Waals surface area contributed by atoms with Crippen LogP contribution in [-0.2, 0) is 6.42 Å². The van der Waals surface area contributed by atoms with E-state index in [0.717, 1.165) is 12.0 Å². The summed E-state index contributed by atoms with van der Waals surface area (Å²) >= 11 is 0. The van der Waals surface area contributed by atoms with Crippen LogP contribution in [0.3, 0.4) is 0 Å². The summed E-state index contributed by atoms with van der Waals surface area (Å²) in [5.41, 5.74) is 2.13. The van der Waals surface area contributed by atoms with Gasteiger partial charge in [-0.15, -0.1) is 0 Å². The van der Waals surface area contributed by atoms with Crippen LogP contribution in [0, 0.1) is 0 Å². The van der Waals surface area contributed by atoms with E-state index in [1.165, 1.54) is 5.56 Å². The molecule has 0 bridgehead atoms. The topological polar surface area (TPSA) is 40.5 Å². The van der Waals surface area contributed by atoms with Crippen LogP contribution in [0.1, 0.15) is 30.1 Å². The molecule has 0 saturated heterocycles. The third-order valence-electron chi connectivity index (χ3n) is 3.47. The molecule has 0 saturated carbocycles. The first-order chi connectivity index (χ1) is 10.3. The maximum atomic E-state index is 10.0. The van der Waals surface area contributed by atoms with E-state index in [4.69, 9.17) is 0 Å². The zero-order valence-electron chi connectivity index (χ0n) is 12.1. The van der Waals surface area contributed by atoms with Gasteiger partial charge in [-0.1, -0.05) is 72.8 Å². The highest BCUT2D eigenvalue weighted by molar-refractivity contribution is 5.18. The van der Waals surface area contributed by atoms with Gasteiger partial charge in [0.05, 0.1) is 12.2 Å². The maximum absolute atomic E-state index is 10.0. The van der Waals surface area contributed by atoms with Crippen molar-refractivity contribution in [1.29, 1.82) is 0 Å². The first kappa shape index (κ1) is 15.5. The van der Waals surface area contributed by atoms with Gasteiger partial charge < -0.3 is 10.2 Å². The number of hydrogen-bond acceptors (Lipinski definition) is 2. The summed E-state index contributed by atoms with van der Waals surface area (Å²) < 4.78 is 0. The minimum atomic E-state index is -0.510. The molecule has 2 aromatic rings. The molecule has 0 fully saturated rings. The van der Waals surface area contributed by atoms with Crippen molar-refractivity contribution in [2.24, 2.45) is 0 Å². The molecule has 2 atom stereocenters. The van der Waals surface area contributed by atoms with Crippen LogP contribution in [0.5, 0.6) is 0 Å². The van der Waals surface area contributed by atoms with Crippen LogP contribution in [0.4, 0.5) is 0 Å². The normalized spacial score (nSPS) is 14.2. The Bertz CT molecular complexity index is 534. The number of hydrogen-bond donors (Lipinski definition) is 2. The molecule has 2 aromatic carbocycles. The first-order valence-corrected chi connectivity index (χ1v) is 7.37. The lowest BCUT2D eigenvalue weighted by molar-refractivity contribution is 0.179. The molecule has 2 nitrogen and oxygen atoms in total. The predicted molar refractivity (Wildman–Crippen MR) is 85.9 cm³/mol. The van der Waals surface area contributed by atoms with Gasteiger partial charge in [-0.05, 0) is 30.4 Å². The van der Waals surface area contributed by atoms with E-state index in [2.05, 4.69) is 12.1 Å². The molecular formula is C19H22O2. The summed E-state index contributed by atoms with van der Waals surface area (Å²) in [4.78, 5) is 0. The quantitative estimate of drug-likeness (QED) is 0.761. The number of aliphatic hydroxyl groups excluding tert-OH is 2. The predicted octanol–water partition coefficient (Wildman–Crippen LogP) is 3.66. The minimum absolute atomic E-state index is 0.465. The van der Waals surface area contributed by atoms with Gasteiger partial charge in [-0.3, -0.25) is 0 Å². The monoisotopic (exact) mass is 282 g/mol. The second-order valence-electron chi connectivity index (χ2n) is 5.18. The second kappa shape index (κ2) is 8.40. The van der Waals surface area contributed by atoms with E-state index in [9.17, 15) is 10.2 Å². The Hall–Kier alpha value is -1.90. The summed E-state index contributed by atoms with van der Waals surface area (Å²) in [6, 6.07) is 19.7. The Kier molecular flexibility index (Phi) is 6.20. The third-order valence-corrected chi connectivity index (χ3v) is 3.47. The lowest BCUT2D eigenvalue weighted by Crippen LogP contribution is -2.04. The van der Waals surface area contributed by atoms with Crippen molar-refractivity contribution in [1.82, 2.24) is 0 Å². The van der Waals surface area contributed by atoms with Gasteiger partial charge in [0.15, 0.2) is 0 Å². The standard InChI is InChI=1S/C19H22O2/c20-18(15-14-16-8-3-1-4-9-16)12-7-13-19(21)17-10-5-2-6-11-17/h1-12,18-21H,13-15H2/b12-7+/t18-,19-/m0/s1. The average Bonchev–Trinajstić information content (AvgIpc) is 2.54. The van der Waals surface area contributed by atoms with E-state index in [0.29, 0.717) is 12.8 Å². The van der Waals surface area contributed by atoms with E-state index in [1.807, 2.05) is 54.6 Å². The van der Waals surface area contributed by atoms with Gasteiger partial charge in [0.2, 0.25) is 0 Å². The fourth-order valence-corrected chi connectivity index (χ4v) is 2.23. The molecular weight excluding hydrogens is 260 g/mol. The molecule has 0 radical (unpaired) electrons. The fraction of sp³-hybridized carbons (Fsp3) is 0.263. The zero-order chi connectivity index (χ0) is 14.9. The number of benzene rings is 2. The van der Waals surface area contributed by atoms with Crippen molar-refractivity contribution in [3.8, 4) is 0 Å². The molecule has 0 aliphatic rings. The highest BCUT2D eigenvalue weighted by atomic mass is 16.3. The Morgan fingerprint density at radius 1 is 0.857 bits per heavy atom. The summed E-state index contributed by atoms with van der Waals surface area (Å²) in [7, 11) is 0. The number of aryl methyl sites for hydroxylation is 1. The van der Waals surface area contributed by atoms with Crippen LogP contribution in [0.2, 0.25) is 0 Å². The van der Waals surface area contributed by atoms with Gasteiger partial charge in [-0.2, -0.15) is 0 Å². The molecule has 2 rings (SSSR count). The third kappa shape index (κ3) is 5.54. The van der Waals surface area contributed by atoms with E-state index in [1.54, 1.807) is 6.08 Å². The molecule has 2 heteroatoms. The van der Waals surface area contributed by atoms with Gasteiger partial charge in [0.25, 0.3) is 0 Å². The molecule has 0 unspecified atom stereocenters. The van der Waals surface area contributed by atoms with Gasteiger partial charge in [0, 0.05) is 0 Å². The Labute approximate surface area is 126 Å². The van der Waals surface area contributed by atoms with Crippen molar-refractivity contribution < 1.29 is 10.2 Å².